The van der Waals surface area contributed by atoms with Gasteiger partial charge in [-0.25, -0.2) is 13.4 Å². The first-order valence-electron chi connectivity index (χ1n) is 9.81. The Kier molecular flexibility index (Phi) is 5.65. The Labute approximate surface area is 166 Å². The second-order valence-electron chi connectivity index (χ2n) is 7.55. The highest BCUT2D eigenvalue weighted by molar-refractivity contribution is 7.89. The summed E-state index contributed by atoms with van der Waals surface area (Å²) in [7, 11) is -1.70. The van der Waals surface area contributed by atoms with E-state index in [0.717, 1.165) is 44.5 Å². The molecule has 0 bridgehead atoms. The van der Waals surface area contributed by atoms with Crippen LogP contribution in [0.5, 0.6) is 5.75 Å². The van der Waals surface area contributed by atoms with E-state index < -0.39 is 10.0 Å². The van der Waals surface area contributed by atoms with Crippen molar-refractivity contribution in [1.82, 2.24) is 23.7 Å². The number of likely N-dealkylation sites (tertiary alicyclic amines) is 1. The van der Waals surface area contributed by atoms with Gasteiger partial charge in [0.2, 0.25) is 0 Å². The zero-order chi connectivity index (χ0) is 19.6. The number of imidazole rings is 1. The molecule has 0 N–H and O–H groups in total. The molecule has 0 saturated carbocycles. The predicted octanol–water partition coefficient (Wildman–Crippen LogP) is 1.51. The zero-order valence-electron chi connectivity index (χ0n) is 16.1. The Bertz CT molecular complexity index is 870. The molecule has 4 rings (SSSR count). The predicted molar refractivity (Wildman–Crippen MR) is 104 cm³/mol. The molecule has 2 aliphatic heterocycles. The molecule has 4 heterocycles. The lowest BCUT2D eigenvalue weighted by molar-refractivity contribution is 0.0585. The molecule has 0 spiro atoms. The van der Waals surface area contributed by atoms with Crippen LogP contribution in [0.3, 0.4) is 0 Å². The lowest BCUT2D eigenvalue weighted by Crippen LogP contribution is -2.50. The van der Waals surface area contributed by atoms with Crippen LogP contribution < -0.4 is 4.74 Å². The first-order valence-corrected chi connectivity index (χ1v) is 11.3. The van der Waals surface area contributed by atoms with E-state index in [0.29, 0.717) is 19.1 Å². The van der Waals surface area contributed by atoms with Crippen LogP contribution in [0.2, 0.25) is 0 Å². The summed E-state index contributed by atoms with van der Waals surface area (Å²) < 4.78 is 34.7. The number of hydrogen-bond donors (Lipinski definition) is 0. The highest BCUT2D eigenvalue weighted by Gasteiger charge is 2.34. The fourth-order valence-corrected chi connectivity index (χ4v) is 5.51. The van der Waals surface area contributed by atoms with Crippen molar-refractivity contribution in [3.05, 3.63) is 37.1 Å². The van der Waals surface area contributed by atoms with E-state index in [9.17, 15) is 8.42 Å². The highest BCUT2D eigenvalue weighted by atomic mass is 32.2. The molecule has 0 amide bonds. The number of ether oxygens (including phenoxy) is 1. The summed E-state index contributed by atoms with van der Waals surface area (Å²) >= 11 is 0. The summed E-state index contributed by atoms with van der Waals surface area (Å²) in [6.45, 7) is 3.09. The van der Waals surface area contributed by atoms with Crippen molar-refractivity contribution >= 4 is 10.0 Å². The van der Waals surface area contributed by atoms with E-state index in [-0.39, 0.29) is 11.1 Å². The topological polar surface area (TPSA) is 80.6 Å². The maximum absolute atomic E-state index is 12.7. The normalized spacial score (nSPS) is 21.0. The summed E-state index contributed by atoms with van der Waals surface area (Å²) in [4.78, 5) is 10.5. The number of rotatable bonds is 5. The summed E-state index contributed by atoms with van der Waals surface area (Å²) in [5.74, 6) is 0.876. The number of piperidine rings is 2. The Balaban J connectivity index is 1.27. The third kappa shape index (κ3) is 4.21. The number of hydrogen-bond acceptors (Lipinski definition) is 6. The quantitative estimate of drug-likeness (QED) is 0.750. The summed E-state index contributed by atoms with van der Waals surface area (Å²) in [6.07, 6.45) is 10.5. The number of sulfonamides is 1. The van der Waals surface area contributed by atoms with Gasteiger partial charge in [-0.2, -0.15) is 4.31 Å². The van der Waals surface area contributed by atoms with Gasteiger partial charge in [0.05, 0.1) is 6.33 Å². The number of pyridine rings is 1. The van der Waals surface area contributed by atoms with Crippen LogP contribution >= 0.6 is 0 Å². The van der Waals surface area contributed by atoms with Gasteiger partial charge in [-0.05, 0) is 37.8 Å². The molecule has 0 atom stereocenters. The maximum atomic E-state index is 12.7. The summed E-state index contributed by atoms with van der Waals surface area (Å²) in [5, 5.41) is 0.141. The lowest BCUT2D eigenvalue weighted by Gasteiger charge is -2.41. The molecule has 28 heavy (non-hydrogen) atoms. The highest BCUT2D eigenvalue weighted by Crippen LogP contribution is 2.26. The minimum absolute atomic E-state index is 0.141. The van der Waals surface area contributed by atoms with E-state index in [1.807, 2.05) is 12.1 Å². The molecule has 2 aliphatic rings. The van der Waals surface area contributed by atoms with E-state index in [4.69, 9.17) is 4.74 Å². The first-order chi connectivity index (χ1) is 13.5. The second-order valence-corrected chi connectivity index (χ2v) is 9.43. The Hall–Kier alpha value is -1.97. The Morgan fingerprint density at radius 3 is 2.32 bits per heavy atom. The van der Waals surface area contributed by atoms with Gasteiger partial charge in [0.25, 0.3) is 10.0 Å². The molecule has 2 aromatic heterocycles. The van der Waals surface area contributed by atoms with Gasteiger partial charge in [0.1, 0.15) is 11.9 Å². The molecule has 152 valence electrons. The molecule has 0 aromatic carbocycles. The maximum Gasteiger partial charge on any atom is 0.262 e. The molecule has 0 aliphatic carbocycles. The third-order valence-corrected chi connectivity index (χ3v) is 7.44. The van der Waals surface area contributed by atoms with Crippen molar-refractivity contribution < 1.29 is 13.2 Å². The second kappa shape index (κ2) is 8.18. The SMILES string of the molecule is Cn1cnc(S(=O)(=O)N2CCC(N3CCC(Oc4ccncc4)CC3)CC2)c1. The van der Waals surface area contributed by atoms with Gasteiger partial charge in [0.15, 0.2) is 5.03 Å². The van der Waals surface area contributed by atoms with E-state index in [1.54, 1.807) is 34.5 Å². The minimum atomic E-state index is -3.48. The molecular weight excluding hydrogens is 378 g/mol. The average Bonchev–Trinajstić information content (AvgIpc) is 3.17. The fraction of sp³-hybridized carbons (Fsp3) is 0.579. The smallest absolute Gasteiger partial charge is 0.262 e. The number of aromatic nitrogens is 3. The van der Waals surface area contributed by atoms with Gasteiger partial charge >= 0.3 is 0 Å². The zero-order valence-corrected chi connectivity index (χ0v) is 17.0. The number of aryl methyl sites for hydroxylation is 1. The molecule has 9 heteroatoms. The van der Waals surface area contributed by atoms with Crippen molar-refractivity contribution in [1.29, 1.82) is 0 Å². The van der Waals surface area contributed by atoms with Gasteiger partial charge in [-0.3, -0.25) is 4.98 Å². The monoisotopic (exact) mass is 405 g/mol. The van der Waals surface area contributed by atoms with Gasteiger partial charge in [-0.15, -0.1) is 0 Å². The first kappa shape index (κ1) is 19.4. The van der Waals surface area contributed by atoms with Crippen molar-refractivity contribution in [2.24, 2.45) is 7.05 Å². The van der Waals surface area contributed by atoms with Crippen molar-refractivity contribution in [2.45, 2.75) is 42.9 Å². The van der Waals surface area contributed by atoms with Crippen molar-refractivity contribution in [2.75, 3.05) is 26.2 Å². The standard InChI is InChI=1S/C19H27N5O3S/c1-22-14-19(21-15-22)28(25,26)24-12-4-16(5-13-24)23-10-6-18(7-11-23)27-17-2-8-20-9-3-17/h2-3,8-9,14-16,18H,4-7,10-13H2,1H3. The molecule has 2 aromatic rings. The summed E-state index contributed by atoms with van der Waals surface area (Å²) in [5.41, 5.74) is 0. The molecule has 2 fully saturated rings. The van der Waals surface area contributed by atoms with Crippen LogP contribution in [-0.2, 0) is 17.1 Å². The largest absolute Gasteiger partial charge is 0.490 e. The minimum Gasteiger partial charge on any atom is -0.490 e. The Morgan fingerprint density at radius 1 is 1.04 bits per heavy atom. The average molecular weight is 406 g/mol. The van der Waals surface area contributed by atoms with Crippen molar-refractivity contribution in [3.63, 3.8) is 0 Å². The van der Waals surface area contributed by atoms with Gasteiger partial charge < -0.3 is 14.2 Å². The van der Waals surface area contributed by atoms with E-state index >= 15 is 0 Å². The van der Waals surface area contributed by atoms with E-state index in [2.05, 4.69) is 14.9 Å². The van der Waals surface area contributed by atoms with Crippen LogP contribution in [0.1, 0.15) is 25.7 Å². The molecule has 2 saturated heterocycles. The van der Waals surface area contributed by atoms with Gasteiger partial charge in [0, 0.05) is 57.9 Å². The molecule has 0 radical (unpaired) electrons. The van der Waals surface area contributed by atoms with E-state index in [1.165, 1.54) is 6.33 Å². The van der Waals surface area contributed by atoms with Gasteiger partial charge in [-0.1, -0.05) is 0 Å². The lowest BCUT2D eigenvalue weighted by atomic mass is 10.00. The summed E-state index contributed by atoms with van der Waals surface area (Å²) in [6, 6.07) is 4.23. The molecule has 8 nitrogen and oxygen atoms in total. The number of nitrogens with zero attached hydrogens (tertiary/aromatic N) is 5. The van der Waals surface area contributed by atoms with Crippen LogP contribution in [0, 0.1) is 0 Å². The van der Waals surface area contributed by atoms with Crippen LogP contribution in [0.25, 0.3) is 0 Å². The van der Waals surface area contributed by atoms with Crippen LogP contribution in [0.4, 0.5) is 0 Å². The Morgan fingerprint density at radius 2 is 1.71 bits per heavy atom. The molecule has 0 unspecified atom stereocenters. The third-order valence-electron chi connectivity index (χ3n) is 5.65. The van der Waals surface area contributed by atoms with Crippen molar-refractivity contribution in [3.8, 4) is 5.75 Å². The van der Waals surface area contributed by atoms with Crippen LogP contribution in [-0.4, -0.2) is 70.5 Å². The fourth-order valence-electron chi connectivity index (χ4n) is 4.07. The molecular formula is C19H27N5O3S. The van der Waals surface area contributed by atoms with Crippen LogP contribution in [0.15, 0.2) is 42.1 Å².